The van der Waals surface area contributed by atoms with E-state index >= 15 is 4.39 Å². The Kier molecular flexibility index (Phi) is 5.64. The molecule has 2 aromatic rings. The summed E-state index contributed by atoms with van der Waals surface area (Å²) in [5, 5.41) is 15.6. The molecule has 1 aromatic carbocycles. The van der Waals surface area contributed by atoms with Crippen LogP contribution < -0.4 is 10.6 Å². The summed E-state index contributed by atoms with van der Waals surface area (Å²) in [6, 6.07) is 6.95. The van der Waals surface area contributed by atoms with Crippen molar-refractivity contribution in [1.82, 2.24) is 25.1 Å². The van der Waals surface area contributed by atoms with Crippen LogP contribution in [0.2, 0.25) is 0 Å². The second kappa shape index (κ2) is 8.34. The Morgan fingerprint density at radius 2 is 2.10 bits per heavy atom. The summed E-state index contributed by atoms with van der Waals surface area (Å²) in [7, 11) is 2.13. The third-order valence-electron chi connectivity index (χ3n) is 5.71. The standard InChI is InChI=1S/C21H27FN6O/c1-27-10-6-16(7-11-27)28-12-8-25-20(28)21(17-4-2-3-5-18(17)22)19(24-9-13-29)14-23-15-26-21/h2-5,8,12,14-16,24,29H,6-7,9-11,13H2,1H3,(H,23,26). The lowest BCUT2D eigenvalue weighted by atomic mass is 9.84. The van der Waals surface area contributed by atoms with Crippen molar-refractivity contribution in [1.29, 1.82) is 0 Å². The van der Waals surface area contributed by atoms with Crippen LogP contribution in [0.25, 0.3) is 0 Å². The lowest BCUT2D eigenvalue weighted by Crippen LogP contribution is -2.44. The number of hydrogen-bond donors (Lipinski definition) is 3. The number of likely N-dealkylation sites (tertiary alicyclic amines) is 1. The van der Waals surface area contributed by atoms with Crippen LogP contribution in [0, 0.1) is 5.82 Å². The quantitative estimate of drug-likeness (QED) is 0.689. The van der Waals surface area contributed by atoms with E-state index in [0.29, 0.717) is 23.6 Å². The van der Waals surface area contributed by atoms with Gasteiger partial charge in [0.1, 0.15) is 11.6 Å². The predicted octanol–water partition coefficient (Wildman–Crippen LogP) is 1.59. The van der Waals surface area contributed by atoms with E-state index in [1.807, 2.05) is 12.3 Å². The second-order valence-electron chi connectivity index (χ2n) is 7.52. The van der Waals surface area contributed by atoms with Gasteiger partial charge in [-0.2, -0.15) is 0 Å². The number of hydrogen-bond acceptors (Lipinski definition) is 6. The number of rotatable bonds is 6. The lowest BCUT2D eigenvalue weighted by Gasteiger charge is -2.38. The van der Waals surface area contributed by atoms with Crippen LogP contribution in [0.4, 0.5) is 4.39 Å². The van der Waals surface area contributed by atoms with E-state index in [4.69, 9.17) is 4.99 Å². The number of nitrogens with zero attached hydrogens (tertiary/aromatic N) is 4. The molecule has 29 heavy (non-hydrogen) atoms. The maximum atomic E-state index is 15.1. The van der Waals surface area contributed by atoms with Crippen LogP contribution in [0.1, 0.15) is 30.3 Å². The van der Waals surface area contributed by atoms with E-state index in [-0.39, 0.29) is 18.5 Å². The highest BCUT2D eigenvalue weighted by Gasteiger charge is 2.45. The molecule has 1 saturated heterocycles. The number of aliphatic imine (C=N–C) groups is 1. The predicted molar refractivity (Wildman–Crippen MR) is 110 cm³/mol. The summed E-state index contributed by atoms with van der Waals surface area (Å²) in [6.45, 7) is 2.29. The van der Waals surface area contributed by atoms with Crippen molar-refractivity contribution in [2.75, 3.05) is 33.3 Å². The van der Waals surface area contributed by atoms with Gasteiger partial charge < -0.3 is 25.2 Å². The molecule has 0 bridgehead atoms. The lowest BCUT2D eigenvalue weighted by molar-refractivity contribution is 0.216. The highest BCUT2D eigenvalue weighted by atomic mass is 19.1. The summed E-state index contributed by atoms with van der Waals surface area (Å²) in [6.07, 6.45) is 9.07. The molecular formula is C21H27FN6O. The Hall–Kier alpha value is -2.71. The molecule has 0 saturated carbocycles. The minimum absolute atomic E-state index is 0.0438. The van der Waals surface area contributed by atoms with Gasteiger partial charge in [0.25, 0.3) is 0 Å². The molecule has 8 heteroatoms. The Balaban J connectivity index is 1.86. The van der Waals surface area contributed by atoms with Gasteiger partial charge in [-0.15, -0.1) is 0 Å². The summed E-state index contributed by atoms with van der Waals surface area (Å²) in [4.78, 5) is 11.8. The largest absolute Gasteiger partial charge is 0.395 e. The van der Waals surface area contributed by atoms with E-state index < -0.39 is 5.54 Å². The van der Waals surface area contributed by atoms with Crippen LogP contribution in [0.5, 0.6) is 0 Å². The molecule has 1 fully saturated rings. The van der Waals surface area contributed by atoms with Gasteiger partial charge >= 0.3 is 0 Å². The molecule has 0 aliphatic carbocycles. The van der Waals surface area contributed by atoms with Crippen LogP contribution in [-0.2, 0) is 5.54 Å². The van der Waals surface area contributed by atoms with Gasteiger partial charge in [0, 0.05) is 36.7 Å². The molecule has 1 unspecified atom stereocenters. The van der Waals surface area contributed by atoms with Crippen molar-refractivity contribution < 1.29 is 9.50 Å². The molecule has 1 atom stereocenters. The number of benzene rings is 1. The van der Waals surface area contributed by atoms with E-state index in [9.17, 15) is 5.11 Å². The molecule has 2 aliphatic heterocycles. The zero-order valence-electron chi connectivity index (χ0n) is 16.6. The molecule has 0 spiro atoms. The molecule has 1 aromatic heterocycles. The first-order chi connectivity index (χ1) is 14.2. The van der Waals surface area contributed by atoms with E-state index in [2.05, 4.69) is 32.1 Å². The average Bonchev–Trinajstić information content (AvgIpc) is 3.24. The Morgan fingerprint density at radius 1 is 1.31 bits per heavy atom. The fourth-order valence-corrected chi connectivity index (χ4v) is 4.23. The minimum Gasteiger partial charge on any atom is -0.395 e. The van der Waals surface area contributed by atoms with E-state index in [1.54, 1.807) is 30.9 Å². The third-order valence-corrected chi connectivity index (χ3v) is 5.71. The van der Waals surface area contributed by atoms with Gasteiger partial charge in [-0.1, -0.05) is 18.2 Å². The topological polar surface area (TPSA) is 77.7 Å². The van der Waals surface area contributed by atoms with Gasteiger partial charge in [0.15, 0.2) is 5.54 Å². The van der Waals surface area contributed by atoms with Crippen molar-refractivity contribution in [2.24, 2.45) is 4.99 Å². The van der Waals surface area contributed by atoms with Gasteiger partial charge in [-0.25, -0.2) is 14.4 Å². The second-order valence-corrected chi connectivity index (χ2v) is 7.52. The van der Waals surface area contributed by atoms with Crippen LogP contribution in [0.15, 0.2) is 53.5 Å². The molecule has 2 aliphatic rings. The first kappa shape index (κ1) is 19.6. The molecule has 154 valence electrons. The molecule has 3 N–H and O–H groups in total. The van der Waals surface area contributed by atoms with Crippen molar-refractivity contribution >= 4 is 6.34 Å². The van der Waals surface area contributed by atoms with E-state index in [1.165, 1.54) is 6.07 Å². The summed E-state index contributed by atoms with van der Waals surface area (Å²) in [5.74, 6) is 0.327. The Bertz CT molecular complexity index is 902. The van der Waals surface area contributed by atoms with E-state index in [0.717, 1.165) is 25.9 Å². The highest BCUT2D eigenvalue weighted by molar-refractivity contribution is 5.63. The van der Waals surface area contributed by atoms with Crippen LogP contribution in [0.3, 0.4) is 0 Å². The SMILES string of the molecule is CN1CCC(n2ccnc2C2(c3ccccc3F)N=CNC=C2NCCO)CC1. The van der Waals surface area contributed by atoms with Crippen molar-refractivity contribution in [3.05, 3.63) is 65.8 Å². The van der Waals surface area contributed by atoms with Crippen molar-refractivity contribution in [2.45, 2.75) is 24.4 Å². The summed E-state index contributed by atoms with van der Waals surface area (Å²) >= 11 is 0. The van der Waals surface area contributed by atoms with Crippen LogP contribution in [-0.4, -0.2) is 59.2 Å². The number of piperidine rings is 1. The first-order valence-electron chi connectivity index (χ1n) is 9.99. The maximum Gasteiger partial charge on any atom is 0.188 e. The Morgan fingerprint density at radius 3 is 2.86 bits per heavy atom. The van der Waals surface area contributed by atoms with Gasteiger partial charge in [0.05, 0.1) is 18.6 Å². The van der Waals surface area contributed by atoms with Crippen LogP contribution >= 0.6 is 0 Å². The molecule has 0 amide bonds. The number of aromatic nitrogens is 2. The fourth-order valence-electron chi connectivity index (χ4n) is 4.23. The fraction of sp³-hybridized carbons (Fsp3) is 0.429. The monoisotopic (exact) mass is 398 g/mol. The Labute approximate surface area is 170 Å². The zero-order valence-corrected chi connectivity index (χ0v) is 16.6. The van der Waals surface area contributed by atoms with Gasteiger partial charge in [-0.05, 0) is 39.0 Å². The van der Waals surface area contributed by atoms with Gasteiger partial charge in [-0.3, -0.25) is 0 Å². The zero-order chi connectivity index (χ0) is 20.3. The molecule has 4 rings (SSSR count). The highest BCUT2D eigenvalue weighted by Crippen LogP contribution is 2.42. The number of aliphatic hydroxyl groups is 1. The summed E-state index contributed by atoms with van der Waals surface area (Å²) in [5.41, 5.74) is -0.0761. The molecule has 3 heterocycles. The minimum atomic E-state index is -1.15. The molecule has 0 radical (unpaired) electrons. The maximum absolute atomic E-state index is 15.1. The first-order valence-corrected chi connectivity index (χ1v) is 9.99. The number of nitrogens with one attached hydrogen (secondary N) is 2. The summed E-state index contributed by atoms with van der Waals surface area (Å²) < 4.78 is 17.2. The average molecular weight is 398 g/mol. The molecule has 7 nitrogen and oxygen atoms in total. The number of halogens is 1. The molecular weight excluding hydrogens is 371 g/mol. The van der Waals surface area contributed by atoms with Gasteiger partial charge in [0.2, 0.25) is 0 Å². The van der Waals surface area contributed by atoms with Crippen molar-refractivity contribution in [3.8, 4) is 0 Å². The smallest absolute Gasteiger partial charge is 0.188 e. The number of aliphatic hydroxyl groups excluding tert-OH is 1. The number of imidazole rings is 1. The third kappa shape index (κ3) is 3.54. The van der Waals surface area contributed by atoms with Crippen molar-refractivity contribution in [3.63, 3.8) is 0 Å². The normalized spacial score (nSPS) is 22.9.